The Morgan fingerprint density at radius 3 is 2.38 bits per heavy atom. The molecule has 1 heteroatoms. The van der Waals surface area contributed by atoms with E-state index in [4.69, 9.17) is 0 Å². The summed E-state index contributed by atoms with van der Waals surface area (Å²) < 4.78 is 0. The molecule has 13 heavy (non-hydrogen) atoms. The van der Waals surface area contributed by atoms with Crippen LogP contribution in [0.25, 0.3) is 0 Å². The fourth-order valence-electron chi connectivity index (χ4n) is 1.48. The summed E-state index contributed by atoms with van der Waals surface area (Å²) in [6, 6.07) is 0. The van der Waals surface area contributed by atoms with Crippen LogP contribution in [-0.2, 0) is 4.79 Å². The van der Waals surface area contributed by atoms with Crippen LogP contribution in [0, 0.1) is 11.3 Å². The maximum Gasteiger partial charge on any atom is 0.136 e. The largest absolute Gasteiger partial charge is 0.299 e. The van der Waals surface area contributed by atoms with Gasteiger partial charge in [0.15, 0.2) is 0 Å². The van der Waals surface area contributed by atoms with Crippen molar-refractivity contribution in [3.63, 3.8) is 0 Å². The normalized spacial score (nSPS) is 22.8. The van der Waals surface area contributed by atoms with Crippen molar-refractivity contribution >= 4 is 5.78 Å². The van der Waals surface area contributed by atoms with Crippen molar-refractivity contribution in [2.45, 2.75) is 34.1 Å². The summed E-state index contributed by atoms with van der Waals surface area (Å²) in [4.78, 5) is 11.1. The number of Topliss-reactive ketones (excluding diaryl/α,β-unsaturated/α-hetero) is 1. The third kappa shape index (κ3) is 2.55. The Hall–Kier alpha value is -0.850. The third-order valence-corrected chi connectivity index (χ3v) is 2.49. The van der Waals surface area contributed by atoms with Crippen LogP contribution in [-0.4, -0.2) is 5.78 Å². The zero-order valence-electron chi connectivity index (χ0n) is 8.92. The van der Waals surface area contributed by atoms with Crippen molar-refractivity contribution in [2.75, 3.05) is 0 Å². The number of hydrogen-bond donors (Lipinski definition) is 0. The van der Waals surface area contributed by atoms with E-state index in [1.54, 1.807) is 6.92 Å². The molecule has 0 aromatic rings. The molecule has 0 aliphatic heterocycles. The molecule has 1 aliphatic carbocycles. The first-order valence-corrected chi connectivity index (χ1v) is 4.80. The summed E-state index contributed by atoms with van der Waals surface area (Å²) in [7, 11) is 0. The van der Waals surface area contributed by atoms with E-state index in [-0.39, 0.29) is 17.1 Å². The van der Waals surface area contributed by atoms with Crippen LogP contribution in [0.1, 0.15) is 34.1 Å². The van der Waals surface area contributed by atoms with Crippen LogP contribution in [0.4, 0.5) is 0 Å². The Labute approximate surface area is 80.5 Å². The number of allylic oxidation sites excluding steroid dienone is 4. The Bertz CT molecular complexity index is 263. The van der Waals surface area contributed by atoms with Crippen molar-refractivity contribution < 1.29 is 4.79 Å². The summed E-state index contributed by atoms with van der Waals surface area (Å²) >= 11 is 0. The number of carbonyl (C=O) groups excluding carboxylic acids is 1. The van der Waals surface area contributed by atoms with Gasteiger partial charge in [-0.25, -0.2) is 0 Å². The molecule has 0 spiro atoms. The average molecular weight is 178 g/mol. The van der Waals surface area contributed by atoms with Gasteiger partial charge in [0.25, 0.3) is 0 Å². The van der Waals surface area contributed by atoms with E-state index in [1.807, 2.05) is 6.08 Å². The highest BCUT2D eigenvalue weighted by Gasteiger charge is 2.19. The van der Waals surface area contributed by atoms with E-state index in [1.165, 1.54) is 5.57 Å². The van der Waals surface area contributed by atoms with Gasteiger partial charge in [-0.2, -0.15) is 0 Å². The molecule has 0 bridgehead atoms. The van der Waals surface area contributed by atoms with Gasteiger partial charge in [0.1, 0.15) is 5.78 Å². The van der Waals surface area contributed by atoms with Crippen molar-refractivity contribution in [3.05, 3.63) is 23.8 Å². The standard InChI is InChI=1S/C12H18O/c1-9(13)10-5-7-11(8-6-10)12(2,3)4/h5,7-8,10H,6H2,1-4H3. The molecule has 0 amide bonds. The minimum absolute atomic E-state index is 0.117. The van der Waals surface area contributed by atoms with Gasteiger partial charge in [0, 0.05) is 5.92 Å². The van der Waals surface area contributed by atoms with Gasteiger partial charge in [0.05, 0.1) is 0 Å². The maximum absolute atomic E-state index is 11.1. The zero-order valence-corrected chi connectivity index (χ0v) is 8.92. The van der Waals surface area contributed by atoms with E-state index in [2.05, 4.69) is 32.9 Å². The monoisotopic (exact) mass is 178 g/mol. The van der Waals surface area contributed by atoms with Gasteiger partial charge in [0.2, 0.25) is 0 Å². The highest BCUT2D eigenvalue weighted by molar-refractivity contribution is 5.80. The molecule has 1 unspecified atom stereocenters. The lowest BCUT2D eigenvalue weighted by Crippen LogP contribution is -2.14. The second kappa shape index (κ2) is 3.49. The Morgan fingerprint density at radius 2 is 2.08 bits per heavy atom. The third-order valence-electron chi connectivity index (χ3n) is 2.49. The highest BCUT2D eigenvalue weighted by atomic mass is 16.1. The molecule has 0 heterocycles. The molecule has 1 rings (SSSR count). The molecule has 0 fully saturated rings. The molecule has 0 saturated carbocycles. The van der Waals surface area contributed by atoms with E-state index in [9.17, 15) is 4.79 Å². The number of hydrogen-bond acceptors (Lipinski definition) is 1. The SMILES string of the molecule is CC(=O)C1C=CC(C(C)(C)C)=CC1. The fourth-order valence-corrected chi connectivity index (χ4v) is 1.48. The Morgan fingerprint density at radius 1 is 1.46 bits per heavy atom. The maximum atomic E-state index is 11.1. The molecule has 0 saturated heterocycles. The fraction of sp³-hybridized carbons (Fsp3) is 0.583. The van der Waals surface area contributed by atoms with E-state index in [0.717, 1.165) is 6.42 Å². The molecule has 0 radical (unpaired) electrons. The van der Waals surface area contributed by atoms with Crippen LogP contribution in [0.5, 0.6) is 0 Å². The smallest absolute Gasteiger partial charge is 0.136 e. The summed E-state index contributed by atoms with van der Waals surface area (Å²) in [5.74, 6) is 0.381. The van der Waals surface area contributed by atoms with Gasteiger partial charge in [-0.05, 0) is 24.3 Å². The number of rotatable bonds is 1. The summed E-state index contributed by atoms with van der Waals surface area (Å²) in [5.41, 5.74) is 1.54. The Kier molecular flexibility index (Phi) is 2.74. The first-order chi connectivity index (χ1) is 5.91. The average Bonchev–Trinajstić information content (AvgIpc) is 2.03. The lowest BCUT2D eigenvalue weighted by Gasteiger charge is -2.24. The minimum atomic E-state index is 0.117. The van der Waals surface area contributed by atoms with Crippen molar-refractivity contribution in [3.8, 4) is 0 Å². The van der Waals surface area contributed by atoms with Gasteiger partial charge in [-0.15, -0.1) is 0 Å². The second-order valence-electron chi connectivity index (χ2n) is 4.72. The zero-order chi connectivity index (χ0) is 10.1. The van der Waals surface area contributed by atoms with Crippen LogP contribution in [0.15, 0.2) is 23.8 Å². The summed E-state index contributed by atoms with van der Waals surface area (Å²) in [6.07, 6.45) is 7.18. The molecule has 1 nitrogen and oxygen atoms in total. The topological polar surface area (TPSA) is 17.1 Å². The van der Waals surface area contributed by atoms with Gasteiger partial charge >= 0.3 is 0 Å². The second-order valence-corrected chi connectivity index (χ2v) is 4.72. The first kappa shape index (κ1) is 10.2. The first-order valence-electron chi connectivity index (χ1n) is 4.80. The molecule has 0 aromatic heterocycles. The van der Waals surface area contributed by atoms with E-state index >= 15 is 0 Å². The molecule has 0 N–H and O–H groups in total. The summed E-state index contributed by atoms with van der Waals surface area (Å²) in [6.45, 7) is 8.23. The van der Waals surface area contributed by atoms with Gasteiger partial charge in [-0.3, -0.25) is 4.79 Å². The molecule has 1 aliphatic rings. The van der Waals surface area contributed by atoms with Crippen LogP contribution in [0.3, 0.4) is 0 Å². The van der Waals surface area contributed by atoms with Crippen LogP contribution in [0.2, 0.25) is 0 Å². The van der Waals surface area contributed by atoms with Crippen LogP contribution < -0.4 is 0 Å². The van der Waals surface area contributed by atoms with Gasteiger partial charge < -0.3 is 0 Å². The quantitative estimate of drug-likeness (QED) is 0.603. The van der Waals surface area contributed by atoms with E-state index in [0.29, 0.717) is 0 Å². The predicted molar refractivity (Wildman–Crippen MR) is 55.5 cm³/mol. The lowest BCUT2D eigenvalue weighted by atomic mass is 9.81. The molecule has 72 valence electrons. The van der Waals surface area contributed by atoms with Crippen molar-refractivity contribution in [1.29, 1.82) is 0 Å². The number of ketones is 1. The summed E-state index contributed by atoms with van der Waals surface area (Å²) in [5, 5.41) is 0. The molecular formula is C12H18O. The molecular weight excluding hydrogens is 160 g/mol. The predicted octanol–water partition coefficient (Wildman–Crippen LogP) is 3.12. The molecule has 1 atom stereocenters. The minimum Gasteiger partial charge on any atom is -0.299 e. The van der Waals surface area contributed by atoms with Crippen molar-refractivity contribution in [1.82, 2.24) is 0 Å². The van der Waals surface area contributed by atoms with Gasteiger partial charge in [-0.1, -0.05) is 39.0 Å². The van der Waals surface area contributed by atoms with Crippen molar-refractivity contribution in [2.24, 2.45) is 11.3 Å². The van der Waals surface area contributed by atoms with E-state index < -0.39 is 0 Å². The lowest BCUT2D eigenvalue weighted by molar-refractivity contribution is -0.119. The highest BCUT2D eigenvalue weighted by Crippen LogP contribution is 2.30. The number of carbonyl (C=O) groups is 1. The molecule has 0 aromatic carbocycles. The van der Waals surface area contributed by atoms with Crippen LogP contribution >= 0.6 is 0 Å². The Balaban J connectivity index is 2.71.